The van der Waals surface area contributed by atoms with Crippen molar-refractivity contribution in [2.45, 2.75) is 50.5 Å². The van der Waals surface area contributed by atoms with E-state index in [1.807, 2.05) is 12.1 Å². The van der Waals surface area contributed by atoms with E-state index < -0.39 is 37.4 Å². The van der Waals surface area contributed by atoms with Gasteiger partial charge < -0.3 is 22.1 Å². The zero-order valence-corrected chi connectivity index (χ0v) is 25.0. The van der Waals surface area contributed by atoms with Gasteiger partial charge in [-0.3, -0.25) is 9.59 Å². The van der Waals surface area contributed by atoms with Crippen molar-refractivity contribution in [1.82, 2.24) is 0 Å². The lowest BCUT2D eigenvalue weighted by molar-refractivity contribution is -0.153. The third-order valence-electron chi connectivity index (χ3n) is 7.23. The average Bonchev–Trinajstić information content (AvgIpc) is 3.22. The van der Waals surface area contributed by atoms with Gasteiger partial charge in [0, 0.05) is 27.4 Å². The van der Waals surface area contributed by atoms with Gasteiger partial charge in [0.05, 0.1) is 12.3 Å². The molecule has 3 unspecified atom stereocenters. The summed E-state index contributed by atoms with van der Waals surface area (Å²) in [5.41, 5.74) is 0. The summed E-state index contributed by atoms with van der Waals surface area (Å²) < 4.78 is 29.3. The maximum Gasteiger partial charge on any atom is 0.499 e. The lowest BCUT2D eigenvalue weighted by atomic mass is 10.0. The highest BCUT2D eigenvalue weighted by molar-refractivity contribution is 6.98. The number of benzene rings is 2. The Morgan fingerprint density at radius 1 is 0.778 bits per heavy atom. The first-order valence-electron chi connectivity index (χ1n) is 12.4. The molecule has 0 aromatic heterocycles. The van der Waals surface area contributed by atoms with Gasteiger partial charge in [0.1, 0.15) is 0 Å². The third-order valence-corrected chi connectivity index (χ3v) is 19.7. The molecule has 1 aliphatic rings. The van der Waals surface area contributed by atoms with Crippen molar-refractivity contribution in [1.29, 1.82) is 0 Å². The Labute approximate surface area is 217 Å². The van der Waals surface area contributed by atoms with Gasteiger partial charge in [0.2, 0.25) is 16.6 Å². The fourth-order valence-electron chi connectivity index (χ4n) is 4.96. The summed E-state index contributed by atoms with van der Waals surface area (Å²) in [4.78, 5) is 23.5. The van der Waals surface area contributed by atoms with Crippen LogP contribution < -0.4 is 10.4 Å². The number of ether oxygens (including phenoxy) is 1. The second kappa shape index (κ2) is 12.5. The third kappa shape index (κ3) is 6.88. The zero-order valence-electron chi connectivity index (χ0n) is 22.0. The number of cyclic esters (lactones) is 2. The van der Waals surface area contributed by atoms with Crippen LogP contribution in [0.3, 0.4) is 0 Å². The number of hydrogen-bond donors (Lipinski definition) is 0. The molecule has 1 heterocycles. The van der Waals surface area contributed by atoms with E-state index in [1.165, 1.54) is 10.4 Å². The predicted octanol–water partition coefficient (Wildman–Crippen LogP) is 3.72. The molecule has 0 spiro atoms. The van der Waals surface area contributed by atoms with Gasteiger partial charge in [-0.15, -0.1) is 0 Å². The van der Waals surface area contributed by atoms with Crippen LogP contribution in [-0.4, -0.2) is 58.7 Å². The first kappa shape index (κ1) is 28.6. The van der Waals surface area contributed by atoms with E-state index in [9.17, 15) is 9.59 Å². The van der Waals surface area contributed by atoms with Crippen molar-refractivity contribution < 1.29 is 31.7 Å². The van der Waals surface area contributed by atoms with Crippen molar-refractivity contribution in [2.75, 3.05) is 21.3 Å². The topological polar surface area (TPSA) is 80.3 Å². The second-order valence-electron chi connectivity index (χ2n) is 9.68. The molecule has 1 fully saturated rings. The van der Waals surface area contributed by atoms with Gasteiger partial charge in [-0.2, -0.15) is 0 Å². The Bertz CT molecular complexity index is 995. The molecule has 2 aromatic rings. The highest BCUT2D eigenvalue weighted by Gasteiger charge is 2.46. The molecular formula is C26H38O7Si3. The maximum atomic E-state index is 12.0. The van der Waals surface area contributed by atoms with E-state index in [2.05, 4.69) is 61.6 Å². The molecular weight excluding hydrogens is 509 g/mol. The number of carbonyl (C=O) groups excluding carboxylic acids is 2. The molecule has 3 atom stereocenters. The SMILES string of the molecule is CO[Si](CC[Si](C)(O[Si](C)(CCCC1CC(=O)OC1=O)c1ccccc1)c1ccccc1)(OC)OC. The highest BCUT2D eigenvalue weighted by Crippen LogP contribution is 2.30. The first-order chi connectivity index (χ1) is 17.2. The summed E-state index contributed by atoms with van der Waals surface area (Å²) >= 11 is 0. The van der Waals surface area contributed by atoms with E-state index in [1.54, 1.807) is 21.3 Å². The molecule has 10 heteroatoms. The van der Waals surface area contributed by atoms with E-state index in [-0.39, 0.29) is 12.3 Å². The monoisotopic (exact) mass is 546 g/mol. The Morgan fingerprint density at radius 3 is 1.72 bits per heavy atom. The maximum absolute atomic E-state index is 12.0. The van der Waals surface area contributed by atoms with Gasteiger partial charge in [0.25, 0.3) is 0 Å². The molecule has 3 rings (SSSR count). The molecule has 1 saturated heterocycles. The van der Waals surface area contributed by atoms with Gasteiger partial charge in [-0.1, -0.05) is 67.1 Å². The van der Waals surface area contributed by atoms with Crippen LogP contribution in [0.4, 0.5) is 0 Å². The molecule has 0 saturated carbocycles. The zero-order chi connectivity index (χ0) is 26.2. The summed E-state index contributed by atoms with van der Waals surface area (Å²) in [6.07, 6.45) is 1.59. The van der Waals surface area contributed by atoms with Crippen LogP contribution in [0.2, 0.25) is 31.2 Å². The Kier molecular flexibility index (Phi) is 9.98. The van der Waals surface area contributed by atoms with Crippen LogP contribution in [-0.2, 0) is 31.7 Å². The fourth-order valence-corrected chi connectivity index (χ4v) is 18.2. The van der Waals surface area contributed by atoms with E-state index >= 15 is 0 Å². The standard InChI is InChI=1S/C26H38O7Si3/c1-29-36(30-2,31-3)20-19-35(5,24-16-10-7-11-17-24)33-34(4,23-14-8-6-9-15-23)18-12-13-22-21-25(27)32-26(22)28/h6-11,14-17,22H,12-13,18-21H2,1-5H3. The number of carbonyl (C=O) groups is 2. The quantitative estimate of drug-likeness (QED) is 0.203. The van der Waals surface area contributed by atoms with Gasteiger partial charge in [-0.25, -0.2) is 0 Å². The highest BCUT2D eigenvalue weighted by atomic mass is 28.4. The predicted molar refractivity (Wildman–Crippen MR) is 146 cm³/mol. The lowest BCUT2D eigenvalue weighted by Gasteiger charge is -2.40. The molecule has 0 N–H and O–H groups in total. The van der Waals surface area contributed by atoms with Gasteiger partial charge >= 0.3 is 20.7 Å². The minimum absolute atomic E-state index is 0.178. The van der Waals surface area contributed by atoms with Crippen molar-refractivity contribution in [2.24, 2.45) is 5.92 Å². The molecule has 2 aromatic carbocycles. The first-order valence-corrected chi connectivity index (χ1v) is 19.6. The van der Waals surface area contributed by atoms with Crippen LogP contribution in [0, 0.1) is 5.92 Å². The van der Waals surface area contributed by atoms with Crippen molar-refractivity contribution in [3.8, 4) is 0 Å². The van der Waals surface area contributed by atoms with E-state index in [0.29, 0.717) is 12.5 Å². The summed E-state index contributed by atoms with van der Waals surface area (Å²) in [7, 11) is -2.82. The summed E-state index contributed by atoms with van der Waals surface area (Å²) in [5, 5.41) is 2.44. The Balaban J connectivity index is 1.89. The molecule has 0 bridgehead atoms. The van der Waals surface area contributed by atoms with Crippen molar-refractivity contribution in [3.05, 3.63) is 60.7 Å². The van der Waals surface area contributed by atoms with E-state index in [4.69, 9.17) is 22.1 Å². The number of hydrogen-bond acceptors (Lipinski definition) is 7. The molecule has 1 aliphatic heterocycles. The van der Waals surface area contributed by atoms with Crippen LogP contribution in [0.25, 0.3) is 0 Å². The summed E-state index contributed by atoms with van der Waals surface area (Å²) in [5.74, 6) is -1.16. The second-order valence-corrected chi connectivity index (χ2v) is 20.7. The lowest BCUT2D eigenvalue weighted by Crippen LogP contribution is -2.61. The number of rotatable bonds is 14. The molecule has 196 valence electrons. The molecule has 0 radical (unpaired) electrons. The summed E-state index contributed by atoms with van der Waals surface area (Å²) in [6.45, 7) is 4.53. The van der Waals surface area contributed by atoms with Crippen LogP contribution in [0.5, 0.6) is 0 Å². The average molecular weight is 547 g/mol. The van der Waals surface area contributed by atoms with Gasteiger partial charge in [-0.05, 0) is 42.0 Å². The van der Waals surface area contributed by atoms with Crippen LogP contribution in [0.15, 0.2) is 60.7 Å². The number of esters is 2. The largest absolute Gasteiger partial charge is 0.499 e. The van der Waals surface area contributed by atoms with Gasteiger partial charge in [0.15, 0.2) is 0 Å². The van der Waals surface area contributed by atoms with Crippen molar-refractivity contribution in [3.63, 3.8) is 0 Å². The Hall–Kier alpha value is -1.93. The molecule has 0 amide bonds. The van der Waals surface area contributed by atoms with Crippen molar-refractivity contribution >= 4 is 47.8 Å². The minimum Gasteiger partial charge on any atom is -0.448 e. The molecule has 0 aliphatic carbocycles. The molecule has 36 heavy (non-hydrogen) atoms. The normalized spacial score (nSPS) is 19.5. The fraction of sp³-hybridized carbons (Fsp3) is 0.462. The van der Waals surface area contributed by atoms with Crippen LogP contribution in [0.1, 0.15) is 19.3 Å². The van der Waals surface area contributed by atoms with Crippen LogP contribution >= 0.6 is 0 Å². The Morgan fingerprint density at radius 2 is 1.28 bits per heavy atom. The summed E-state index contributed by atoms with van der Waals surface area (Å²) in [6, 6.07) is 23.2. The molecule has 7 nitrogen and oxygen atoms in total. The minimum atomic E-state index is -2.79. The smallest absolute Gasteiger partial charge is 0.448 e. The van der Waals surface area contributed by atoms with E-state index in [0.717, 1.165) is 18.5 Å².